The van der Waals surface area contributed by atoms with Gasteiger partial charge in [0.05, 0.1) is 24.2 Å². The molecule has 3 N–H and O–H groups in total. The molecule has 18 heavy (non-hydrogen) atoms. The van der Waals surface area contributed by atoms with Crippen molar-refractivity contribution in [1.29, 1.82) is 0 Å². The number of sulfonamides is 1. The molecule has 1 saturated heterocycles. The summed E-state index contributed by atoms with van der Waals surface area (Å²) in [5.74, 6) is 0. The zero-order valence-corrected chi connectivity index (χ0v) is 10.6. The second-order valence-electron chi connectivity index (χ2n) is 4.11. The third-order valence-electron chi connectivity index (χ3n) is 2.80. The molecule has 1 atom stereocenters. The summed E-state index contributed by atoms with van der Waals surface area (Å²) in [6.07, 6.45) is -0.463. The fraction of sp³-hybridized carbons (Fsp3) is 0.455. The molecule has 1 unspecified atom stereocenters. The van der Waals surface area contributed by atoms with Gasteiger partial charge in [-0.1, -0.05) is 6.07 Å². The molecule has 1 heterocycles. The minimum Gasteiger partial charge on any atom is -0.399 e. The van der Waals surface area contributed by atoms with E-state index in [2.05, 4.69) is 0 Å². The summed E-state index contributed by atoms with van der Waals surface area (Å²) in [5.41, 5.74) is 6.00. The molecule has 0 amide bonds. The molecule has 0 aromatic heterocycles. The molecule has 0 saturated carbocycles. The number of nitrogens with zero attached hydrogens (tertiary/aromatic N) is 1. The Bertz CT molecular complexity index is 518. The average molecular weight is 272 g/mol. The van der Waals surface area contributed by atoms with Crippen molar-refractivity contribution in [3.05, 3.63) is 24.3 Å². The van der Waals surface area contributed by atoms with Crippen LogP contribution in [-0.4, -0.2) is 50.2 Å². The standard InChI is InChI=1S/C11H16N2O4S/c12-9-2-1-3-11(6-9)18(15,16)13-4-5-17-10(7-13)8-14/h1-3,6,10,14H,4-5,7-8,12H2. The van der Waals surface area contributed by atoms with Crippen molar-refractivity contribution < 1.29 is 18.3 Å². The number of aliphatic hydroxyl groups excluding tert-OH is 1. The predicted octanol–water partition coefficient (Wildman–Crippen LogP) is -0.349. The number of anilines is 1. The van der Waals surface area contributed by atoms with E-state index in [0.717, 1.165) is 0 Å². The van der Waals surface area contributed by atoms with E-state index in [9.17, 15) is 8.42 Å². The molecule has 0 spiro atoms. The van der Waals surface area contributed by atoms with Crippen molar-refractivity contribution in [2.75, 3.05) is 32.0 Å². The maximum Gasteiger partial charge on any atom is 0.243 e. The summed E-state index contributed by atoms with van der Waals surface area (Å²) in [6, 6.07) is 6.18. The lowest BCUT2D eigenvalue weighted by molar-refractivity contribution is -0.0304. The summed E-state index contributed by atoms with van der Waals surface area (Å²) in [7, 11) is -3.57. The van der Waals surface area contributed by atoms with Gasteiger partial charge in [0.1, 0.15) is 0 Å². The van der Waals surface area contributed by atoms with Crippen LogP contribution in [0.25, 0.3) is 0 Å². The number of rotatable bonds is 3. The van der Waals surface area contributed by atoms with Gasteiger partial charge in [0, 0.05) is 18.8 Å². The molecular weight excluding hydrogens is 256 g/mol. The van der Waals surface area contributed by atoms with E-state index in [1.807, 2.05) is 0 Å². The number of aliphatic hydroxyl groups is 1. The van der Waals surface area contributed by atoms with Crippen LogP contribution in [0.5, 0.6) is 0 Å². The molecule has 2 rings (SSSR count). The number of hydrogen-bond donors (Lipinski definition) is 2. The van der Waals surface area contributed by atoms with Gasteiger partial charge in [-0.25, -0.2) is 8.42 Å². The first-order valence-corrected chi connectivity index (χ1v) is 7.06. The van der Waals surface area contributed by atoms with Crippen LogP contribution < -0.4 is 5.73 Å². The van der Waals surface area contributed by atoms with Crippen LogP contribution in [-0.2, 0) is 14.8 Å². The van der Waals surface area contributed by atoms with Gasteiger partial charge < -0.3 is 15.6 Å². The Morgan fingerprint density at radius 3 is 2.94 bits per heavy atom. The molecule has 0 bridgehead atoms. The summed E-state index contributed by atoms with van der Waals surface area (Å²) in [4.78, 5) is 0.168. The van der Waals surface area contributed by atoms with E-state index in [1.54, 1.807) is 12.1 Å². The maximum atomic E-state index is 12.3. The Kier molecular flexibility index (Phi) is 3.86. The van der Waals surface area contributed by atoms with Crippen molar-refractivity contribution in [3.8, 4) is 0 Å². The van der Waals surface area contributed by atoms with E-state index in [4.69, 9.17) is 15.6 Å². The molecule has 0 aliphatic carbocycles. The quantitative estimate of drug-likeness (QED) is 0.734. The Labute approximate surface area is 106 Å². The number of benzene rings is 1. The summed E-state index contributed by atoms with van der Waals surface area (Å²) in [6.45, 7) is 0.539. The Hall–Kier alpha value is -1.15. The van der Waals surface area contributed by atoms with Gasteiger partial charge >= 0.3 is 0 Å². The van der Waals surface area contributed by atoms with Gasteiger partial charge in [-0.2, -0.15) is 4.31 Å². The molecule has 6 nitrogen and oxygen atoms in total. The van der Waals surface area contributed by atoms with Crippen LogP contribution in [0.3, 0.4) is 0 Å². The van der Waals surface area contributed by atoms with E-state index in [1.165, 1.54) is 16.4 Å². The highest BCUT2D eigenvalue weighted by molar-refractivity contribution is 7.89. The highest BCUT2D eigenvalue weighted by atomic mass is 32.2. The van der Waals surface area contributed by atoms with E-state index < -0.39 is 16.1 Å². The Morgan fingerprint density at radius 2 is 2.28 bits per heavy atom. The second-order valence-corrected chi connectivity index (χ2v) is 6.05. The van der Waals surface area contributed by atoms with Crippen LogP contribution in [0.2, 0.25) is 0 Å². The molecule has 100 valence electrons. The Balaban J connectivity index is 2.25. The lowest BCUT2D eigenvalue weighted by atomic mass is 10.3. The molecule has 0 radical (unpaired) electrons. The number of ether oxygens (including phenoxy) is 1. The highest BCUT2D eigenvalue weighted by Gasteiger charge is 2.30. The number of nitrogen functional groups attached to an aromatic ring is 1. The van der Waals surface area contributed by atoms with Crippen LogP contribution >= 0.6 is 0 Å². The largest absolute Gasteiger partial charge is 0.399 e. The number of hydrogen-bond acceptors (Lipinski definition) is 5. The minimum atomic E-state index is -3.57. The van der Waals surface area contributed by atoms with Gasteiger partial charge in [0.25, 0.3) is 0 Å². The first-order chi connectivity index (χ1) is 8.54. The second kappa shape index (κ2) is 5.23. The number of morpholine rings is 1. The van der Waals surface area contributed by atoms with Crippen molar-refractivity contribution >= 4 is 15.7 Å². The van der Waals surface area contributed by atoms with Crippen molar-refractivity contribution in [2.45, 2.75) is 11.0 Å². The summed E-state index contributed by atoms with van der Waals surface area (Å²) >= 11 is 0. The van der Waals surface area contributed by atoms with Gasteiger partial charge in [0.15, 0.2) is 0 Å². The lowest BCUT2D eigenvalue weighted by Crippen LogP contribution is -2.46. The highest BCUT2D eigenvalue weighted by Crippen LogP contribution is 2.20. The third kappa shape index (κ3) is 2.64. The molecule has 1 aliphatic heterocycles. The molecular formula is C11H16N2O4S. The maximum absolute atomic E-state index is 12.3. The third-order valence-corrected chi connectivity index (χ3v) is 4.66. The number of nitrogens with two attached hydrogens (primary N) is 1. The van der Waals surface area contributed by atoms with Crippen molar-refractivity contribution in [3.63, 3.8) is 0 Å². The smallest absolute Gasteiger partial charge is 0.243 e. The summed E-state index contributed by atoms with van der Waals surface area (Å²) in [5, 5.41) is 9.02. The van der Waals surface area contributed by atoms with E-state index in [0.29, 0.717) is 5.69 Å². The molecule has 1 aromatic carbocycles. The SMILES string of the molecule is Nc1cccc(S(=O)(=O)N2CCOC(CO)C2)c1. The van der Waals surface area contributed by atoms with E-state index in [-0.39, 0.29) is 31.2 Å². The monoisotopic (exact) mass is 272 g/mol. The van der Waals surface area contributed by atoms with Crippen LogP contribution in [0, 0.1) is 0 Å². The van der Waals surface area contributed by atoms with Crippen LogP contribution in [0.1, 0.15) is 0 Å². The van der Waals surface area contributed by atoms with Gasteiger partial charge in [-0.05, 0) is 18.2 Å². The van der Waals surface area contributed by atoms with Gasteiger partial charge in [-0.3, -0.25) is 0 Å². The lowest BCUT2D eigenvalue weighted by Gasteiger charge is -2.31. The topological polar surface area (TPSA) is 92.9 Å². The fourth-order valence-electron chi connectivity index (χ4n) is 1.85. The Morgan fingerprint density at radius 1 is 1.50 bits per heavy atom. The predicted molar refractivity (Wildman–Crippen MR) is 66.4 cm³/mol. The normalized spacial score (nSPS) is 21.9. The van der Waals surface area contributed by atoms with E-state index >= 15 is 0 Å². The zero-order valence-electron chi connectivity index (χ0n) is 9.82. The minimum absolute atomic E-state index is 0.160. The first kappa shape index (κ1) is 13.3. The van der Waals surface area contributed by atoms with Gasteiger partial charge in [-0.15, -0.1) is 0 Å². The van der Waals surface area contributed by atoms with Crippen LogP contribution in [0.15, 0.2) is 29.2 Å². The van der Waals surface area contributed by atoms with Crippen LogP contribution in [0.4, 0.5) is 5.69 Å². The fourth-order valence-corrected chi connectivity index (χ4v) is 3.36. The molecule has 1 aromatic rings. The van der Waals surface area contributed by atoms with Crippen molar-refractivity contribution in [2.24, 2.45) is 0 Å². The zero-order chi connectivity index (χ0) is 13.2. The molecule has 1 fully saturated rings. The molecule has 1 aliphatic rings. The summed E-state index contributed by atoms with van der Waals surface area (Å²) < 4.78 is 31.2. The van der Waals surface area contributed by atoms with Gasteiger partial charge in [0.2, 0.25) is 10.0 Å². The van der Waals surface area contributed by atoms with Crippen molar-refractivity contribution in [1.82, 2.24) is 4.31 Å². The first-order valence-electron chi connectivity index (χ1n) is 5.62. The molecule has 7 heteroatoms. The average Bonchev–Trinajstić information content (AvgIpc) is 2.39.